The Morgan fingerprint density at radius 2 is 1.53 bits per heavy atom. The largest absolute Gasteiger partial charge is 0.496 e. The molecule has 0 saturated heterocycles. The van der Waals surface area contributed by atoms with E-state index in [4.69, 9.17) is 19.9 Å². The predicted octanol–water partition coefficient (Wildman–Crippen LogP) is 0.221. The van der Waals surface area contributed by atoms with Gasteiger partial charge in [-0.3, -0.25) is 14.4 Å². The molecule has 6 N–H and O–H groups in total. The molecule has 1 atom stereocenters. The van der Waals surface area contributed by atoms with Gasteiger partial charge in [-0.2, -0.15) is 0 Å². The van der Waals surface area contributed by atoms with E-state index < -0.39 is 6.10 Å². The molecule has 0 radical (unpaired) electrons. The van der Waals surface area contributed by atoms with E-state index in [-0.39, 0.29) is 50.2 Å². The lowest BCUT2D eigenvalue weighted by molar-refractivity contribution is -0.123. The summed E-state index contributed by atoms with van der Waals surface area (Å²) in [6.45, 7) is 0.795. The minimum atomic E-state index is -0.775. The lowest BCUT2D eigenvalue weighted by Crippen LogP contribution is -2.36. The Morgan fingerprint density at radius 1 is 0.941 bits per heavy atom. The number of methoxy groups -OCH3 is 2. The Hall–Kier alpha value is -3.05. The minimum Gasteiger partial charge on any atom is -0.496 e. The van der Waals surface area contributed by atoms with E-state index in [2.05, 4.69) is 16.0 Å². The quantitative estimate of drug-likeness (QED) is 0.197. The Morgan fingerprint density at radius 3 is 2.09 bits per heavy atom. The molecule has 0 aliphatic carbocycles. The highest BCUT2D eigenvalue weighted by atomic mass is 16.5. The average molecular weight is 483 g/mol. The molecule has 0 heterocycles. The van der Waals surface area contributed by atoms with Crippen molar-refractivity contribution in [1.82, 2.24) is 16.0 Å². The van der Waals surface area contributed by atoms with Crippen LogP contribution in [0.2, 0.25) is 0 Å². The number of carbonyl (C=O) groups excluding carboxylic acids is 3. The third-order valence-corrected chi connectivity index (χ3v) is 5.00. The second kappa shape index (κ2) is 16.5. The number of nitrogens with two attached hydrogens (primary N) is 1. The Labute approximate surface area is 200 Å². The van der Waals surface area contributed by atoms with Crippen molar-refractivity contribution >= 4 is 17.7 Å². The molecule has 1 aromatic rings. The van der Waals surface area contributed by atoms with Crippen molar-refractivity contribution in [1.29, 1.82) is 0 Å². The van der Waals surface area contributed by atoms with Crippen molar-refractivity contribution < 1.29 is 33.7 Å². The number of nitrogens with one attached hydrogen (secondary N) is 3. The first-order valence-electron chi connectivity index (χ1n) is 11.3. The molecule has 0 aliphatic rings. The standard InChI is InChI=1S/C23H38N4O7/c1-25-21(29)7-4-5-10-34-17-11-19(32-2)18(20(12-17)33-3)15-27-23(31)9-6-8-22(30)26-14-16(28)13-24/h11-12,16,28H,4-10,13-15,24H2,1-3H3,(H,25,29)(H,26,30)(H,27,31). The molecule has 11 heteroatoms. The zero-order valence-electron chi connectivity index (χ0n) is 20.3. The van der Waals surface area contributed by atoms with Gasteiger partial charge in [0.2, 0.25) is 17.7 Å². The number of hydrogen-bond acceptors (Lipinski definition) is 8. The molecular weight excluding hydrogens is 444 g/mol. The van der Waals surface area contributed by atoms with Crippen molar-refractivity contribution in [3.63, 3.8) is 0 Å². The molecule has 0 aliphatic heterocycles. The van der Waals surface area contributed by atoms with E-state index in [1.54, 1.807) is 19.2 Å². The number of aliphatic hydroxyl groups is 1. The van der Waals surface area contributed by atoms with Gasteiger partial charge in [0.15, 0.2) is 0 Å². The first-order chi connectivity index (χ1) is 16.3. The van der Waals surface area contributed by atoms with Gasteiger partial charge in [0, 0.05) is 51.5 Å². The maximum atomic E-state index is 12.2. The summed E-state index contributed by atoms with van der Waals surface area (Å²) in [6, 6.07) is 3.45. The van der Waals surface area contributed by atoms with Gasteiger partial charge in [-0.15, -0.1) is 0 Å². The van der Waals surface area contributed by atoms with Crippen LogP contribution < -0.4 is 35.9 Å². The number of amides is 3. The zero-order chi connectivity index (χ0) is 25.3. The molecule has 0 saturated carbocycles. The first kappa shape index (κ1) is 29.0. The number of benzene rings is 1. The second-order valence-electron chi connectivity index (χ2n) is 7.61. The van der Waals surface area contributed by atoms with Crippen molar-refractivity contribution in [3.05, 3.63) is 17.7 Å². The topological polar surface area (TPSA) is 161 Å². The van der Waals surface area contributed by atoms with Crippen molar-refractivity contribution in [3.8, 4) is 17.2 Å². The number of rotatable bonds is 17. The fourth-order valence-corrected chi connectivity index (χ4v) is 3.01. The molecule has 0 aromatic heterocycles. The van der Waals surface area contributed by atoms with Crippen LogP contribution in [0, 0.1) is 0 Å². The maximum Gasteiger partial charge on any atom is 0.220 e. The van der Waals surface area contributed by atoms with E-state index in [9.17, 15) is 19.5 Å². The monoisotopic (exact) mass is 482 g/mol. The minimum absolute atomic E-state index is 0.000327. The van der Waals surface area contributed by atoms with Crippen LogP contribution in [0.1, 0.15) is 44.1 Å². The number of ether oxygens (including phenoxy) is 3. The average Bonchev–Trinajstić information content (AvgIpc) is 2.85. The van der Waals surface area contributed by atoms with E-state index in [0.717, 1.165) is 12.8 Å². The Bertz CT molecular complexity index is 764. The van der Waals surface area contributed by atoms with E-state index in [1.807, 2.05) is 0 Å². The van der Waals surface area contributed by atoms with Crippen LogP contribution in [0.4, 0.5) is 0 Å². The molecule has 0 bridgehead atoms. The van der Waals surface area contributed by atoms with Crippen LogP contribution in [-0.4, -0.2) is 69.9 Å². The number of unbranched alkanes of at least 4 members (excludes halogenated alkanes) is 1. The summed E-state index contributed by atoms with van der Waals surface area (Å²) in [5.74, 6) is 1.13. The summed E-state index contributed by atoms with van der Waals surface area (Å²) in [7, 11) is 4.65. The lowest BCUT2D eigenvalue weighted by atomic mass is 10.1. The van der Waals surface area contributed by atoms with E-state index >= 15 is 0 Å². The molecule has 0 fully saturated rings. The molecule has 1 unspecified atom stereocenters. The molecule has 34 heavy (non-hydrogen) atoms. The first-order valence-corrected chi connectivity index (χ1v) is 11.3. The van der Waals surface area contributed by atoms with Crippen LogP contribution >= 0.6 is 0 Å². The molecule has 11 nitrogen and oxygen atoms in total. The molecule has 3 amide bonds. The van der Waals surface area contributed by atoms with E-state index in [0.29, 0.717) is 42.3 Å². The summed E-state index contributed by atoms with van der Waals surface area (Å²) in [5, 5.41) is 17.3. The molecule has 0 spiro atoms. The molecule has 1 rings (SSSR count). The van der Waals surface area contributed by atoms with Crippen LogP contribution in [-0.2, 0) is 20.9 Å². The van der Waals surface area contributed by atoms with Crippen LogP contribution in [0.25, 0.3) is 0 Å². The third kappa shape index (κ3) is 11.2. The number of carbonyl (C=O) groups is 3. The zero-order valence-corrected chi connectivity index (χ0v) is 20.3. The van der Waals surface area contributed by atoms with Gasteiger partial charge < -0.3 is 41.0 Å². The molecule has 1 aromatic carbocycles. The Kier molecular flexibility index (Phi) is 14.1. The van der Waals surface area contributed by atoms with Crippen LogP contribution in [0.5, 0.6) is 17.2 Å². The van der Waals surface area contributed by atoms with Crippen molar-refractivity contribution in [2.75, 3.05) is 41.0 Å². The van der Waals surface area contributed by atoms with Gasteiger partial charge >= 0.3 is 0 Å². The SMILES string of the molecule is CNC(=O)CCCCOc1cc(OC)c(CNC(=O)CCCC(=O)NCC(O)CN)c(OC)c1. The van der Waals surface area contributed by atoms with Crippen LogP contribution in [0.3, 0.4) is 0 Å². The van der Waals surface area contributed by atoms with Crippen LogP contribution in [0.15, 0.2) is 12.1 Å². The summed E-state index contributed by atoms with van der Waals surface area (Å²) < 4.78 is 16.7. The highest BCUT2D eigenvalue weighted by Gasteiger charge is 2.15. The normalized spacial score (nSPS) is 11.3. The maximum absolute atomic E-state index is 12.2. The fourth-order valence-electron chi connectivity index (χ4n) is 3.01. The van der Waals surface area contributed by atoms with Gasteiger partial charge in [-0.05, 0) is 19.3 Å². The molecule has 192 valence electrons. The molecular formula is C23H38N4O7. The van der Waals surface area contributed by atoms with Gasteiger partial charge in [-0.1, -0.05) is 0 Å². The lowest BCUT2D eigenvalue weighted by Gasteiger charge is -2.16. The van der Waals surface area contributed by atoms with Gasteiger partial charge in [0.05, 0.1) is 39.0 Å². The van der Waals surface area contributed by atoms with Gasteiger partial charge in [-0.25, -0.2) is 0 Å². The number of aliphatic hydroxyl groups excluding tert-OH is 1. The van der Waals surface area contributed by atoms with E-state index in [1.165, 1.54) is 14.2 Å². The highest BCUT2D eigenvalue weighted by molar-refractivity contribution is 5.79. The summed E-state index contributed by atoms with van der Waals surface area (Å²) >= 11 is 0. The summed E-state index contributed by atoms with van der Waals surface area (Å²) in [6.07, 6.45) is 1.84. The van der Waals surface area contributed by atoms with Gasteiger partial charge in [0.25, 0.3) is 0 Å². The van der Waals surface area contributed by atoms with Crippen molar-refractivity contribution in [2.24, 2.45) is 5.73 Å². The van der Waals surface area contributed by atoms with Gasteiger partial charge in [0.1, 0.15) is 17.2 Å². The summed E-state index contributed by atoms with van der Waals surface area (Å²) in [5.41, 5.74) is 5.95. The fraction of sp³-hybridized carbons (Fsp3) is 0.609. The van der Waals surface area contributed by atoms with Crippen molar-refractivity contribution in [2.45, 2.75) is 51.2 Å². The summed E-state index contributed by atoms with van der Waals surface area (Å²) in [4.78, 5) is 35.2. The smallest absolute Gasteiger partial charge is 0.220 e. The number of hydrogen-bond donors (Lipinski definition) is 5. The Balaban J connectivity index is 2.52. The second-order valence-corrected chi connectivity index (χ2v) is 7.61. The highest BCUT2D eigenvalue weighted by Crippen LogP contribution is 2.34. The third-order valence-electron chi connectivity index (χ3n) is 5.00. The predicted molar refractivity (Wildman–Crippen MR) is 127 cm³/mol.